The topological polar surface area (TPSA) is 17.1 Å². The Balaban J connectivity index is 2.95. The van der Waals surface area contributed by atoms with Crippen molar-refractivity contribution in [3.8, 4) is 0 Å². The molecule has 0 amide bonds. The van der Waals surface area contributed by atoms with Gasteiger partial charge < -0.3 is 4.79 Å². The van der Waals surface area contributed by atoms with Crippen molar-refractivity contribution >= 4 is 24.0 Å². The number of carbonyl (C=O) groups excluding carboxylic acids is 1. The standard InChI is InChI=1S/C10H7ClF2O/c11-10-8(12)5-7(6-9(10)13)3-1-2-4-14/h1,3-6H,2H2. The van der Waals surface area contributed by atoms with Crippen LogP contribution in [0.3, 0.4) is 0 Å². The summed E-state index contributed by atoms with van der Waals surface area (Å²) in [5, 5.41) is -0.516. The molecular formula is C10H7ClF2O. The van der Waals surface area contributed by atoms with E-state index in [1.54, 1.807) is 0 Å². The summed E-state index contributed by atoms with van der Waals surface area (Å²) in [7, 11) is 0. The van der Waals surface area contributed by atoms with Gasteiger partial charge in [-0.3, -0.25) is 0 Å². The normalized spacial score (nSPS) is 10.8. The first-order valence-electron chi connectivity index (χ1n) is 3.90. The van der Waals surface area contributed by atoms with Gasteiger partial charge in [-0.1, -0.05) is 23.8 Å². The summed E-state index contributed by atoms with van der Waals surface area (Å²) in [5.74, 6) is -1.62. The molecule has 1 aromatic rings. The summed E-state index contributed by atoms with van der Waals surface area (Å²) in [4.78, 5) is 9.96. The number of hydrogen-bond acceptors (Lipinski definition) is 1. The lowest BCUT2D eigenvalue weighted by Crippen LogP contribution is -1.85. The molecule has 0 atom stereocenters. The Hall–Kier alpha value is -1.22. The van der Waals surface area contributed by atoms with Crippen LogP contribution in [0.4, 0.5) is 8.78 Å². The van der Waals surface area contributed by atoms with E-state index in [1.807, 2.05) is 0 Å². The van der Waals surface area contributed by atoms with Crippen molar-refractivity contribution in [1.29, 1.82) is 0 Å². The van der Waals surface area contributed by atoms with Crippen LogP contribution in [-0.2, 0) is 4.79 Å². The molecule has 0 saturated carbocycles. The van der Waals surface area contributed by atoms with Crippen molar-refractivity contribution in [2.24, 2.45) is 0 Å². The molecule has 0 aliphatic heterocycles. The summed E-state index contributed by atoms with van der Waals surface area (Å²) in [6.07, 6.45) is 3.87. The molecule has 74 valence electrons. The molecule has 1 nitrogen and oxygen atoms in total. The highest BCUT2D eigenvalue weighted by atomic mass is 35.5. The van der Waals surface area contributed by atoms with Crippen LogP contribution in [0.2, 0.25) is 5.02 Å². The predicted molar refractivity (Wildman–Crippen MR) is 51.1 cm³/mol. The van der Waals surface area contributed by atoms with E-state index in [0.29, 0.717) is 11.8 Å². The molecule has 0 aliphatic carbocycles. The molecule has 4 heteroatoms. The first-order valence-corrected chi connectivity index (χ1v) is 4.27. The van der Waals surface area contributed by atoms with Crippen molar-refractivity contribution in [2.75, 3.05) is 0 Å². The van der Waals surface area contributed by atoms with Gasteiger partial charge in [-0.25, -0.2) is 8.78 Å². The zero-order chi connectivity index (χ0) is 10.6. The van der Waals surface area contributed by atoms with Crippen molar-refractivity contribution in [3.63, 3.8) is 0 Å². The molecule has 0 unspecified atom stereocenters. The maximum Gasteiger partial charge on any atom is 0.145 e. The molecule has 1 rings (SSSR count). The number of allylic oxidation sites excluding steroid dienone is 1. The highest BCUT2D eigenvalue weighted by molar-refractivity contribution is 6.30. The van der Waals surface area contributed by atoms with Gasteiger partial charge >= 0.3 is 0 Å². The van der Waals surface area contributed by atoms with Gasteiger partial charge in [0.25, 0.3) is 0 Å². The second-order valence-electron chi connectivity index (χ2n) is 2.60. The molecule has 1 aromatic carbocycles. The number of rotatable bonds is 3. The van der Waals surface area contributed by atoms with Crippen molar-refractivity contribution < 1.29 is 13.6 Å². The number of hydrogen-bond donors (Lipinski definition) is 0. The van der Waals surface area contributed by atoms with E-state index < -0.39 is 16.7 Å². The van der Waals surface area contributed by atoms with Gasteiger partial charge in [0.05, 0.1) is 0 Å². The zero-order valence-corrected chi connectivity index (χ0v) is 7.89. The van der Waals surface area contributed by atoms with Gasteiger partial charge in [0.2, 0.25) is 0 Å². The van der Waals surface area contributed by atoms with E-state index >= 15 is 0 Å². The minimum Gasteiger partial charge on any atom is -0.303 e. The molecule has 0 spiro atoms. The van der Waals surface area contributed by atoms with Gasteiger partial charge in [-0.05, 0) is 17.7 Å². The summed E-state index contributed by atoms with van der Waals surface area (Å²) in [6, 6.07) is 2.21. The molecule has 14 heavy (non-hydrogen) atoms. The van der Waals surface area contributed by atoms with Crippen LogP contribution in [0.25, 0.3) is 6.08 Å². The van der Waals surface area contributed by atoms with Gasteiger partial charge in [-0.2, -0.15) is 0 Å². The summed E-state index contributed by atoms with van der Waals surface area (Å²) in [6.45, 7) is 0. The SMILES string of the molecule is O=CCC=Cc1cc(F)c(Cl)c(F)c1. The number of carbonyl (C=O) groups is 1. The fourth-order valence-corrected chi connectivity index (χ4v) is 1.04. The molecule has 0 aliphatic rings. The average Bonchev–Trinajstić information content (AvgIpc) is 2.14. The van der Waals surface area contributed by atoms with Gasteiger partial charge in [-0.15, -0.1) is 0 Å². The van der Waals surface area contributed by atoms with E-state index in [-0.39, 0.29) is 6.42 Å². The second-order valence-corrected chi connectivity index (χ2v) is 2.98. The smallest absolute Gasteiger partial charge is 0.145 e. The van der Waals surface area contributed by atoms with E-state index in [1.165, 1.54) is 12.2 Å². The lowest BCUT2D eigenvalue weighted by molar-refractivity contribution is -0.107. The van der Waals surface area contributed by atoms with Crippen LogP contribution in [0, 0.1) is 11.6 Å². The maximum atomic E-state index is 12.9. The first kappa shape index (κ1) is 10.9. The van der Waals surface area contributed by atoms with Crippen LogP contribution < -0.4 is 0 Å². The maximum absolute atomic E-state index is 12.9. The Morgan fingerprint density at radius 3 is 2.36 bits per heavy atom. The summed E-state index contributed by atoms with van der Waals surface area (Å²) in [5.41, 5.74) is 0.339. The van der Waals surface area contributed by atoms with E-state index in [2.05, 4.69) is 0 Å². The highest BCUT2D eigenvalue weighted by Crippen LogP contribution is 2.21. The Labute approximate surface area is 85.0 Å². The number of benzene rings is 1. The van der Waals surface area contributed by atoms with Crippen LogP contribution in [-0.4, -0.2) is 6.29 Å². The van der Waals surface area contributed by atoms with Crippen LogP contribution in [0.1, 0.15) is 12.0 Å². The van der Waals surface area contributed by atoms with Crippen LogP contribution in [0.5, 0.6) is 0 Å². The fraction of sp³-hybridized carbons (Fsp3) is 0.100. The van der Waals surface area contributed by atoms with Crippen LogP contribution >= 0.6 is 11.6 Å². The zero-order valence-electron chi connectivity index (χ0n) is 7.14. The quantitative estimate of drug-likeness (QED) is 0.560. The van der Waals surface area contributed by atoms with E-state index in [0.717, 1.165) is 12.1 Å². The highest BCUT2D eigenvalue weighted by Gasteiger charge is 2.06. The third-order valence-electron chi connectivity index (χ3n) is 1.55. The molecule has 0 aromatic heterocycles. The molecule has 0 bridgehead atoms. The minimum atomic E-state index is -0.808. The van der Waals surface area contributed by atoms with Crippen molar-refractivity contribution in [1.82, 2.24) is 0 Å². The lowest BCUT2D eigenvalue weighted by atomic mass is 10.2. The molecule has 0 radical (unpaired) electrons. The lowest BCUT2D eigenvalue weighted by Gasteiger charge is -1.98. The average molecular weight is 217 g/mol. The third-order valence-corrected chi connectivity index (χ3v) is 1.91. The number of aldehydes is 1. The number of halogens is 3. The monoisotopic (exact) mass is 216 g/mol. The fourth-order valence-electron chi connectivity index (χ4n) is 0.931. The molecule has 0 heterocycles. The Bertz CT molecular complexity index is 351. The largest absolute Gasteiger partial charge is 0.303 e. The second kappa shape index (κ2) is 4.86. The van der Waals surface area contributed by atoms with Crippen molar-refractivity contribution in [2.45, 2.75) is 6.42 Å². The molecular weight excluding hydrogens is 210 g/mol. The van der Waals surface area contributed by atoms with E-state index in [4.69, 9.17) is 11.6 Å². The van der Waals surface area contributed by atoms with E-state index in [9.17, 15) is 13.6 Å². The predicted octanol–water partition coefficient (Wildman–Crippen LogP) is 3.22. The van der Waals surface area contributed by atoms with Crippen LogP contribution in [0.15, 0.2) is 18.2 Å². The summed E-state index contributed by atoms with van der Waals surface area (Å²) >= 11 is 5.28. The Morgan fingerprint density at radius 2 is 1.86 bits per heavy atom. The molecule has 0 fully saturated rings. The minimum absolute atomic E-state index is 0.214. The van der Waals surface area contributed by atoms with Gasteiger partial charge in [0, 0.05) is 6.42 Å². The molecule has 0 N–H and O–H groups in total. The molecule has 0 saturated heterocycles. The first-order chi connectivity index (χ1) is 6.65. The third kappa shape index (κ3) is 2.64. The Kier molecular flexibility index (Phi) is 3.77. The van der Waals surface area contributed by atoms with Gasteiger partial charge in [0.1, 0.15) is 22.9 Å². The van der Waals surface area contributed by atoms with Gasteiger partial charge in [0.15, 0.2) is 0 Å². The van der Waals surface area contributed by atoms with Crippen molar-refractivity contribution in [3.05, 3.63) is 40.4 Å². The summed E-state index contributed by atoms with van der Waals surface area (Å²) < 4.78 is 25.7. The Morgan fingerprint density at radius 1 is 1.29 bits per heavy atom.